The zero-order valence-electron chi connectivity index (χ0n) is 21.5. The molecular formula is C27H36N2O9. The average molecular weight is 533 g/mol. The molecule has 5 rings (SSSR count). The minimum atomic E-state index is -1.17. The Morgan fingerprint density at radius 2 is 1.95 bits per heavy atom. The summed E-state index contributed by atoms with van der Waals surface area (Å²) >= 11 is 0. The summed E-state index contributed by atoms with van der Waals surface area (Å²) < 4.78 is 23.3. The molecule has 4 aliphatic rings. The van der Waals surface area contributed by atoms with E-state index >= 15 is 0 Å². The third kappa shape index (κ3) is 5.01. The Balaban J connectivity index is 1.56. The fourth-order valence-corrected chi connectivity index (χ4v) is 5.94. The van der Waals surface area contributed by atoms with Gasteiger partial charge in [-0.2, -0.15) is 0 Å². The van der Waals surface area contributed by atoms with E-state index in [9.17, 15) is 24.9 Å². The molecule has 1 unspecified atom stereocenters. The summed E-state index contributed by atoms with van der Waals surface area (Å²) in [7, 11) is 1.48. The van der Waals surface area contributed by atoms with Crippen LogP contribution >= 0.6 is 0 Å². The van der Waals surface area contributed by atoms with Crippen molar-refractivity contribution in [2.24, 2.45) is 0 Å². The van der Waals surface area contributed by atoms with Gasteiger partial charge in [0.1, 0.15) is 18.3 Å². The van der Waals surface area contributed by atoms with Crippen LogP contribution in [-0.2, 0) is 25.7 Å². The summed E-state index contributed by atoms with van der Waals surface area (Å²) in [5.41, 5.74) is 1.50. The molecule has 1 aromatic rings. The Labute approximate surface area is 221 Å². The van der Waals surface area contributed by atoms with Crippen LogP contribution in [0.3, 0.4) is 0 Å². The van der Waals surface area contributed by atoms with Crippen LogP contribution in [0.1, 0.15) is 42.7 Å². The van der Waals surface area contributed by atoms with E-state index in [2.05, 4.69) is 5.32 Å². The topological polar surface area (TPSA) is 147 Å². The fraction of sp³-hybridized carbons (Fsp3) is 0.630. The zero-order chi connectivity index (χ0) is 26.8. The summed E-state index contributed by atoms with van der Waals surface area (Å²) in [5, 5.41) is 33.5. The van der Waals surface area contributed by atoms with Crippen molar-refractivity contribution in [3.8, 4) is 11.5 Å². The Morgan fingerprint density at radius 1 is 1.16 bits per heavy atom. The van der Waals surface area contributed by atoms with Crippen molar-refractivity contribution >= 4 is 11.8 Å². The van der Waals surface area contributed by atoms with Gasteiger partial charge >= 0.3 is 0 Å². The number of carbonyl (C=O) groups excluding carboxylic acids is 2. The van der Waals surface area contributed by atoms with Crippen molar-refractivity contribution < 1.29 is 43.9 Å². The minimum Gasteiger partial charge on any atom is -0.493 e. The second-order valence-corrected chi connectivity index (χ2v) is 10.1. The lowest BCUT2D eigenvalue weighted by Crippen LogP contribution is -2.58. The first-order valence-electron chi connectivity index (χ1n) is 13.3. The van der Waals surface area contributed by atoms with E-state index in [0.29, 0.717) is 47.8 Å². The number of fused-ring (bicyclic) bond motifs is 3. The highest BCUT2D eigenvalue weighted by Gasteiger charge is 2.52. The summed E-state index contributed by atoms with van der Waals surface area (Å²) in [6.07, 6.45) is 1.83. The largest absolute Gasteiger partial charge is 0.493 e. The number of carbonyl (C=O) groups is 2. The second kappa shape index (κ2) is 11.6. The highest BCUT2D eigenvalue weighted by molar-refractivity contribution is 5.96. The number of aliphatic hydroxyl groups is 3. The minimum absolute atomic E-state index is 0.0446. The van der Waals surface area contributed by atoms with Gasteiger partial charge in [0.25, 0.3) is 5.91 Å². The molecule has 0 bridgehead atoms. The lowest BCUT2D eigenvalue weighted by molar-refractivity contribution is -0.148. The molecule has 38 heavy (non-hydrogen) atoms. The number of aliphatic hydroxyl groups excluding tert-OH is 3. The molecule has 1 aromatic carbocycles. The first-order chi connectivity index (χ1) is 18.5. The number of hydrogen-bond donors (Lipinski definition) is 4. The summed E-state index contributed by atoms with van der Waals surface area (Å²) in [6, 6.07) is 2.52. The van der Waals surface area contributed by atoms with Crippen LogP contribution in [0.5, 0.6) is 11.5 Å². The fourth-order valence-electron chi connectivity index (χ4n) is 5.94. The van der Waals surface area contributed by atoms with Gasteiger partial charge in [0.2, 0.25) is 5.91 Å². The maximum Gasteiger partial charge on any atom is 0.252 e. The number of hydrogen-bond acceptors (Lipinski definition) is 9. The van der Waals surface area contributed by atoms with E-state index in [1.54, 1.807) is 23.1 Å². The zero-order valence-corrected chi connectivity index (χ0v) is 21.5. The van der Waals surface area contributed by atoms with E-state index in [0.717, 1.165) is 19.3 Å². The molecule has 2 fully saturated rings. The van der Waals surface area contributed by atoms with E-state index in [1.807, 2.05) is 0 Å². The van der Waals surface area contributed by atoms with E-state index < -0.39 is 36.2 Å². The molecule has 11 nitrogen and oxygen atoms in total. The summed E-state index contributed by atoms with van der Waals surface area (Å²) in [5.74, 6) is -0.583. The number of amides is 2. The molecule has 1 aliphatic carbocycles. The third-order valence-corrected chi connectivity index (χ3v) is 7.77. The number of nitrogens with one attached hydrogen (secondary N) is 1. The van der Waals surface area contributed by atoms with Gasteiger partial charge in [-0.05, 0) is 49.5 Å². The van der Waals surface area contributed by atoms with Crippen LogP contribution in [0.15, 0.2) is 23.8 Å². The van der Waals surface area contributed by atoms with Gasteiger partial charge in [-0.1, -0.05) is 0 Å². The third-order valence-electron chi connectivity index (χ3n) is 7.77. The molecule has 2 saturated heterocycles. The molecule has 6 atom stereocenters. The molecule has 3 aliphatic heterocycles. The second-order valence-electron chi connectivity index (χ2n) is 10.1. The van der Waals surface area contributed by atoms with Crippen LogP contribution in [-0.4, -0.2) is 103 Å². The number of ether oxygens (including phenoxy) is 4. The lowest BCUT2D eigenvalue weighted by atomic mass is 9.77. The number of nitrogens with zero attached hydrogens (tertiary/aromatic N) is 1. The molecule has 0 saturated carbocycles. The van der Waals surface area contributed by atoms with E-state index in [1.165, 1.54) is 7.11 Å². The van der Waals surface area contributed by atoms with Crippen LogP contribution in [0.25, 0.3) is 0 Å². The van der Waals surface area contributed by atoms with Crippen molar-refractivity contribution in [1.82, 2.24) is 10.2 Å². The molecule has 0 spiro atoms. The lowest BCUT2D eigenvalue weighted by Gasteiger charge is -2.42. The maximum absolute atomic E-state index is 13.7. The highest BCUT2D eigenvalue weighted by Crippen LogP contribution is 2.51. The number of benzene rings is 1. The quantitative estimate of drug-likeness (QED) is 0.345. The van der Waals surface area contributed by atoms with Gasteiger partial charge in [0, 0.05) is 37.4 Å². The van der Waals surface area contributed by atoms with Crippen LogP contribution in [0.2, 0.25) is 0 Å². The van der Waals surface area contributed by atoms with Crippen LogP contribution in [0.4, 0.5) is 0 Å². The highest BCUT2D eigenvalue weighted by atomic mass is 16.5. The predicted molar refractivity (Wildman–Crippen MR) is 134 cm³/mol. The normalized spacial score (nSPS) is 29.7. The Hall–Kier alpha value is -2.70. The Morgan fingerprint density at radius 3 is 2.61 bits per heavy atom. The smallest absolute Gasteiger partial charge is 0.252 e. The van der Waals surface area contributed by atoms with Gasteiger partial charge in [0.15, 0.2) is 11.5 Å². The molecule has 4 N–H and O–H groups in total. The molecule has 3 heterocycles. The summed E-state index contributed by atoms with van der Waals surface area (Å²) in [6.45, 7) is 0.927. The number of rotatable bonds is 9. The van der Waals surface area contributed by atoms with E-state index in [4.69, 9.17) is 18.9 Å². The molecular weight excluding hydrogens is 496 g/mol. The molecule has 2 amide bonds. The van der Waals surface area contributed by atoms with Gasteiger partial charge < -0.3 is 44.5 Å². The predicted octanol–water partition coefficient (Wildman–Crippen LogP) is -0.00330. The van der Waals surface area contributed by atoms with Crippen molar-refractivity contribution in [3.63, 3.8) is 0 Å². The van der Waals surface area contributed by atoms with E-state index in [-0.39, 0.29) is 38.3 Å². The SMILES string of the molecule is COc1cc(CO)cc2c1O[C@@H]1[C@@H](O)[C@H](N(C[C@H]3CCCO3)C(=O)C3CCCO3)C=C(C(=O)NCCO)[C@H]21. The summed E-state index contributed by atoms with van der Waals surface area (Å²) in [4.78, 5) is 28.7. The Bertz CT molecular complexity index is 1060. The average Bonchev–Trinajstić information content (AvgIpc) is 3.71. The first-order valence-corrected chi connectivity index (χ1v) is 13.3. The van der Waals surface area contributed by atoms with Crippen molar-refractivity contribution in [1.29, 1.82) is 0 Å². The van der Waals surface area contributed by atoms with Gasteiger partial charge in [-0.15, -0.1) is 0 Å². The van der Waals surface area contributed by atoms with Gasteiger partial charge in [-0.25, -0.2) is 0 Å². The van der Waals surface area contributed by atoms with Crippen molar-refractivity contribution in [2.45, 2.75) is 68.7 Å². The maximum atomic E-state index is 13.7. The molecule has 0 radical (unpaired) electrons. The first kappa shape index (κ1) is 26.9. The molecule has 0 aromatic heterocycles. The Kier molecular flexibility index (Phi) is 8.20. The van der Waals surface area contributed by atoms with Gasteiger partial charge in [0.05, 0.1) is 38.4 Å². The van der Waals surface area contributed by atoms with Crippen molar-refractivity contribution in [2.75, 3.05) is 40.0 Å². The van der Waals surface area contributed by atoms with Crippen LogP contribution < -0.4 is 14.8 Å². The standard InChI is InChI=1S/C27H36N2O9/c1-35-21-11-15(14-31)10-17-22-18(26(33)28-6-7-30)12-19(23(32)25(22)38-24(17)21)29(13-16-4-2-8-36-16)27(34)20-5-3-9-37-20/h10-12,16,19-20,22-23,25,30-32H,2-9,13-14H2,1H3,(H,28,33)/t16-,19-,20?,22+,23+,25+/m1/s1. The van der Waals surface area contributed by atoms with Gasteiger partial charge in [-0.3, -0.25) is 9.59 Å². The monoisotopic (exact) mass is 532 g/mol. The van der Waals surface area contributed by atoms with Crippen LogP contribution in [0, 0.1) is 0 Å². The molecule has 208 valence electrons. The molecule has 11 heteroatoms. The van der Waals surface area contributed by atoms with Crippen molar-refractivity contribution in [3.05, 3.63) is 34.9 Å². The number of methoxy groups -OCH3 is 1.